The van der Waals surface area contributed by atoms with Crippen molar-refractivity contribution in [1.82, 2.24) is 19.2 Å². The van der Waals surface area contributed by atoms with E-state index in [0.717, 1.165) is 12.1 Å². The number of aromatic nitrogens is 3. The molecule has 1 amide bonds. The van der Waals surface area contributed by atoms with Gasteiger partial charge in [-0.2, -0.15) is 4.31 Å². The summed E-state index contributed by atoms with van der Waals surface area (Å²) in [4.78, 5) is 14.7. The molecule has 1 aromatic heterocycles. The first-order valence-electron chi connectivity index (χ1n) is 10.7. The molecule has 0 atom stereocenters. The molecule has 1 aliphatic rings. The van der Waals surface area contributed by atoms with E-state index in [1.165, 1.54) is 26.3 Å². The standard InChI is InChI=1S/C22H26N6O3S2/c1-3-26(4-2)33(30,31)18-10-7-9-17(14-18)21-24-25-22(28(21)23)32-15-20(29)27-13-12-16-8-5-6-11-19(16)27/h5-11,14H,3-4,12-13,15,23H2,1-2H3. The molecule has 0 saturated heterocycles. The topological polar surface area (TPSA) is 114 Å². The van der Waals surface area contributed by atoms with Crippen molar-refractivity contribution in [3.05, 3.63) is 54.1 Å². The number of anilines is 1. The first-order chi connectivity index (χ1) is 15.9. The highest BCUT2D eigenvalue weighted by Crippen LogP contribution is 2.29. The minimum Gasteiger partial charge on any atom is -0.335 e. The third-order valence-electron chi connectivity index (χ3n) is 5.61. The molecule has 4 rings (SSSR count). The van der Waals surface area contributed by atoms with E-state index in [1.807, 2.05) is 24.3 Å². The summed E-state index contributed by atoms with van der Waals surface area (Å²) in [6.07, 6.45) is 0.844. The summed E-state index contributed by atoms with van der Waals surface area (Å²) >= 11 is 1.20. The first kappa shape index (κ1) is 23.3. The number of carbonyl (C=O) groups excluding carboxylic acids is 1. The Morgan fingerprint density at radius 3 is 2.64 bits per heavy atom. The highest BCUT2D eigenvalue weighted by atomic mass is 32.2. The van der Waals surface area contributed by atoms with Crippen molar-refractivity contribution in [2.75, 3.05) is 36.1 Å². The van der Waals surface area contributed by atoms with Gasteiger partial charge in [-0.3, -0.25) is 4.79 Å². The summed E-state index contributed by atoms with van der Waals surface area (Å²) in [5.74, 6) is 6.68. The van der Waals surface area contributed by atoms with Crippen LogP contribution in [-0.2, 0) is 21.2 Å². The van der Waals surface area contributed by atoms with Gasteiger partial charge in [-0.1, -0.05) is 55.9 Å². The fourth-order valence-electron chi connectivity index (χ4n) is 3.88. The van der Waals surface area contributed by atoms with Gasteiger partial charge in [0.1, 0.15) is 0 Å². The molecule has 1 aliphatic heterocycles. The predicted octanol–water partition coefficient (Wildman–Crippen LogP) is 2.37. The van der Waals surface area contributed by atoms with Crippen molar-refractivity contribution in [3.8, 4) is 11.4 Å². The van der Waals surface area contributed by atoms with Crippen molar-refractivity contribution in [3.63, 3.8) is 0 Å². The number of nitrogens with zero attached hydrogens (tertiary/aromatic N) is 5. The number of sulfonamides is 1. The van der Waals surface area contributed by atoms with Crippen LogP contribution in [0.4, 0.5) is 5.69 Å². The van der Waals surface area contributed by atoms with Crippen LogP contribution in [-0.4, -0.2) is 58.9 Å². The van der Waals surface area contributed by atoms with Crippen molar-refractivity contribution >= 4 is 33.4 Å². The molecule has 0 bridgehead atoms. The van der Waals surface area contributed by atoms with Crippen LogP contribution in [0.15, 0.2) is 58.6 Å². The lowest BCUT2D eigenvalue weighted by Crippen LogP contribution is -2.30. The van der Waals surface area contributed by atoms with E-state index < -0.39 is 10.0 Å². The number of amides is 1. The Labute approximate surface area is 197 Å². The molecule has 0 spiro atoms. The molecular formula is C22H26N6O3S2. The minimum absolute atomic E-state index is 0.0261. The van der Waals surface area contributed by atoms with Crippen LogP contribution < -0.4 is 10.7 Å². The molecule has 9 nitrogen and oxygen atoms in total. The van der Waals surface area contributed by atoms with Gasteiger partial charge in [-0.15, -0.1) is 10.2 Å². The van der Waals surface area contributed by atoms with Gasteiger partial charge in [0.2, 0.25) is 21.1 Å². The number of benzene rings is 2. The average molecular weight is 487 g/mol. The molecule has 0 saturated carbocycles. The highest BCUT2D eigenvalue weighted by molar-refractivity contribution is 7.99. The third-order valence-corrected chi connectivity index (χ3v) is 8.59. The number of hydrogen-bond donors (Lipinski definition) is 1. The molecule has 11 heteroatoms. The maximum absolute atomic E-state index is 12.9. The van der Waals surface area contributed by atoms with Gasteiger partial charge < -0.3 is 10.7 Å². The Hall–Kier alpha value is -2.89. The number of thioether (sulfide) groups is 1. The number of hydrogen-bond acceptors (Lipinski definition) is 7. The van der Waals surface area contributed by atoms with E-state index in [9.17, 15) is 13.2 Å². The third kappa shape index (κ3) is 4.48. The molecule has 174 valence electrons. The van der Waals surface area contributed by atoms with Crippen LogP contribution in [0.25, 0.3) is 11.4 Å². The molecule has 0 aliphatic carbocycles. The normalized spacial score (nSPS) is 13.5. The van der Waals surface area contributed by atoms with Crippen LogP contribution >= 0.6 is 11.8 Å². The lowest BCUT2D eigenvalue weighted by Gasteiger charge is -2.18. The van der Waals surface area contributed by atoms with Gasteiger partial charge >= 0.3 is 0 Å². The van der Waals surface area contributed by atoms with Crippen molar-refractivity contribution in [2.45, 2.75) is 30.3 Å². The molecule has 0 fully saturated rings. The van der Waals surface area contributed by atoms with Crippen LogP contribution in [0.1, 0.15) is 19.4 Å². The summed E-state index contributed by atoms with van der Waals surface area (Å²) in [5.41, 5.74) is 2.65. The predicted molar refractivity (Wildman–Crippen MR) is 129 cm³/mol. The number of para-hydroxylation sites is 1. The number of rotatable bonds is 8. The lowest BCUT2D eigenvalue weighted by molar-refractivity contribution is -0.116. The number of carbonyl (C=O) groups is 1. The smallest absolute Gasteiger partial charge is 0.243 e. The Balaban J connectivity index is 1.50. The monoisotopic (exact) mass is 486 g/mol. The zero-order valence-corrected chi connectivity index (χ0v) is 20.1. The quantitative estimate of drug-likeness (QED) is 0.384. The molecule has 2 heterocycles. The summed E-state index contributed by atoms with van der Waals surface area (Å²) in [6, 6.07) is 14.4. The Morgan fingerprint density at radius 2 is 1.88 bits per heavy atom. The molecular weight excluding hydrogens is 460 g/mol. The second-order valence-corrected chi connectivity index (χ2v) is 10.4. The largest absolute Gasteiger partial charge is 0.335 e. The second kappa shape index (κ2) is 9.54. The van der Waals surface area contributed by atoms with E-state index in [0.29, 0.717) is 36.2 Å². The molecule has 33 heavy (non-hydrogen) atoms. The van der Waals surface area contributed by atoms with Gasteiger partial charge in [0.05, 0.1) is 10.6 Å². The van der Waals surface area contributed by atoms with Gasteiger partial charge in [-0.25, -0.2) is 13.1 Å². The van der Waals surface area contributed by atoms with Crippen molar-refractivity contribution in [2.24, 2.45) is 0 Å². The van der Waals surface area contributed by atoms with Gasteiger partial charge in [0, 0.05) is 30.9 Å². The van der Waals surface area contributed by atoms with E-state index in [-0.39, 0.29) is 16.6 Å². The maximum atomic E-state index is 12.9. The van der Waals surface area contributed by atoms with E-state index in [2.05, 4.69) is 10.2 Å². The van der Waals surface area contributed by atoms with Crippen molar-refractivity contribution in [1.29, 1.82) is 0 Å². The van der Waals surface area contributed by atoms with Gasteiger partial charge in [0.25, 0.3) is 0 Å². The van der Waals surface area contributed by atoms with E-state index >= 15 is 0 Å². The highest BCUT2D eigenvalue weighted by Gasteiger charge is 2.26. The Kier molecular flexibility index (Phi) is 6.73. The van der Waals surface area contributed by atoms with E-state index in [1.54, 1.807) is 43.0 Å². The summed E-state index contributed by atoms with van der Waals surface area (Å²) in [7, 11) is -3.61. The zero-order chi connectivity index (χ0) is 23.6. The maximum Gasteiger partial charge on any atom is 0.243 e. The average Bonchev–Trinajstić information content (AvgIpc) is 3.42. The Morgan fingerprint density at radius 1 is 1.12 bits per heavy atom. The molecule has 3 aromatic rings. The number of nitrogen functional groups attached to an aromatic ring is 1. The fourth-order valence-corrected chi connectivity index (χ4v) is 6.12. The second-order valence-electron chi connectivity index (χ2n) is 7.51. The van der Waals surface area contributed by atoms with Gasteiger partial charge in [0.15, 0.2) is 5.82 Å². The van der Waals surface area contributed by atoms with Crippen LogP contribution in [0.3, 0.4) is 0 Å². The lowest BCUT2D eigenvalue weighted by atomic mass is 10.2. The van der Waals surface area contributed by atoms with E-state index in [4.69, 9.17) is 5.84 Å². The van der Waals surface area contributed by atoms with Crippen LogP contribution in [0.5, 0.6) is 0 Å². The van der Waals surface area contributed by atoms with Crippen LogP contribution in [0.2, 0.25) is 0 Å². The summed E-state index contributed by atoms with van der Waals surface area (Å²) < 4.78 is 28.4. The van der Waals surface area contributed by atoms with Crippen LogP contribution in [0, 0.1) is 0 Å². The number of nitrogens with two attached hydrogens (primary N) is 1. The number of fused-ring (bicyclic) bond motifs is 1. The Bertz CT molecular complexity index is 1270. The minimum atomic E-state index is -3.61. The summed E-state index contributed by atoms with van der Waals surface area (Å²) in [5, 5.41) is 8.63. The van der Waals surface area contributed by atoms with Gasteiger partial charge in [-0.05, 0) is 30.2 Å². The molecule has 2 aromatic carbocycles. The zero-order valence-electron chi connectivity index (χ0n) is 18.5. The first-order valence-corrected chi connectivity index (χ1v) is 13.1. The SMILES string of the molecule is CCN(CC)S(=O)(=O)c1cccc(-c2nnc(SCC(=O)N3CCc4ccccc43)n2N)c1. The molecule has 0 unspecified atom stereocenters. The molecule has 0 radical (unpaired) electrons. The summed E-state index contributed by atoms with van der Waals surface area (Å²) in [6.45, 7) is 5.02. The van der Waals surface area contributed by atoms with Crippen molar-refractivity contribution < 1.29 is 13.2 Å². The molecule has 2 N–H and O–H groups in total. The fraction of sp³-hybridized carbons (Fsp3) is 0.318.